The number of rotatable bonds is 4. The van der Waals surface area contributed by atoms with Crippen molar-refractivity contribution in [1.29, 1.82) is 0 Å². The van der Waals surface area contributed by atoms with Crippen molar-refractivity contribution in [3.05, 3.63) is 63.2 Å². The number of halogens is 4. The second-order valence-electron chi connectivity index (χ2n) is 5.28. The van der Waals surface area contributed by atoms with Crippen molar-refractivity contribution in [2.75, 3.05) is 0 Å². The van der Waals surface area contributed by atoms with Crippen LogP contribution in [0.4, 0.5) is 13.2 Å². The monoisotopic (exact) mass is 460 g/mol. The molecule has 0 spiro atoms. The van der Waals surface area contributed by atoms with Gasteiger partial charge in [0.15, 0.2) is 11.9 Å². The van der Waals surface area contributed by atoms with Crippen molar-refractivity contribution in [2.24, 2.45) is 0 Å². The third-order valence-electron chi connectivity index (χ3n) is 3.62. The number of esters is 1. The molecule has 1 heterocycles. The standard InChI is InChI=1S/C17H12F3IN2O2/c1-9(25-16(24)11-7-6-10(18)8-12(11)21)15-22-13-4-2-3-5-14(13)23(15)17(19)20/h2-9,17H,1H3. The van der Waals surface area contributed by atoms with Crippen molar-refractivity contribution >= 4 is 39.6 Å². The Hall–Kier alpha value is -2.10. The molecule has 0 N–H and O–H groups in total. The third kappa shape index (κ3) is 3.48. The summed E-state index contributed by atoms with van der Waals surface area (Å²) in [4.78, 5) is 16.4. The molecular weight excluding hydrogens is 448 g/mol. The van der Waals surface area contributed by atoms with E-state index < -0.39 is 24.4 Å². The number of imidazole rings is 1. The molecule has 0 aliphatic heterocycles. The Balaban J connectivity index is 1.93. The van der Waals surface area contributed by atoms with Gasteiger partial charge in [-0.15, -0.1) is 0 Å². The molecule has 8 heteroatoms. The van der Waals surface area contributed by atoms with Gasteiger partial charge >= 0.3 is 12.5 Å². The predicted octanol–water partition coefficient (Wildman–Crippen LogP) is 5.09. The quantitative estimate of drug-likeness (QED) is 0.403. The zero-order valence-corrected chi connectivity index (χ0v) is 15.1. The zero-order chi connectivity index (χ0) is 18.1. The van der Waals surface area contributed by atoms with E-state index in [1.54, 1.807) is 18.2 Å². The van der Waals surface area contributed by atoms with Crippen LogP contribution in [0.3, 0.4) is 0 Å². The fourth-order valence-electron chi connectivity index (χ4n) is 2.49. The number of carbonyl (C=O) groups is 1. The number of aromatic nitrogens is 2. The maximum atomic E-state index is 13.5. The van der Waals surface area contributed by atoms with Gasteiger partial charge in [0, 0.05) is 3.57 Å². The van der Waals surface area contributed by atoms with Gasteiger partial charge in [-0.25, -0.2) is 14.2 Å². The maximum Gasteiger partial charge on any atom is 0.339 e. The van der Waals surface area contributed by atoms with Gasteiger partial charge in [-0.3, -0.25) is 4.57 Å². The first-order chi connectivity index (χ1) is 11.9. The summed E-state index contributed by atoms with van der Waals surface area (Å²) in [7, 11) is 0. The summed E-state index contributed by atoms with van der Waals surface area (Å²) in [6.45, 7) is -1.36. The van der Waals surface area contributed by atoms with Crippen LogP contribution in [-0.4, -0.2) is 15.5 Å². The van der Waals surface area contributed by atoms with E-state index in [-0.39, 0.29) is 16.9 Å². The highest BCUT2D eigenvalue weighted by Gasteiger charge is 2.25. The number of carbonyl (C=O) groups excluding carboxylic acids is 1. The van der Waals surface area contributed by atoms with Gasteiger partial charge in [0.1, 0.15) is 5.82 Å². The van der Waals surface area contributed by atoms with E-state index in [1.807, 2.05) is 22.6 Å². The van der Waals surface area contributed by atoms with Gasteiger partial charge in [0.2, 0.25) is 0 Å². The first-order valence-corrected chi connectivity index (χ1v) is 8.37. The lowest BCUT2D eigenvalue weighted by atomic mass is 10.2. The zero-order valence-electron chi connectivity index (χ0n) is 12.9. The fraction of sp³-hybridized carbons (Fsp3) is 0.176. The normalized spacial score (nSPS) is 12.6. The number of hydrogen-bond donors (Lipinski definition) is 0. The smallest absolute Gasteiger partial charge is 0.339 e. The number of fused-ring (bicyclic) bond motifs is 1. The van der Waals surface area contributed by atoms with E-state index in [1.165, 1.54) is 25.1 Å². The number of alkyl halides is 2. The van der Waals surface area contributed by atoms with Gasteiger partial charge in [0.05, 0.1) is 16.6 Å². The molecule has 3 rings (SSSR count). The Morgan fingerprint density at radius 3 is 2.64 bits per heavy atom. The molecule has 0 bridgehead atoms. The highest BCUT2D eigenvalue weighted by molar-refractivity contribution is 14.1. The summed E-state index contributed by atoms with van der Waals surface area (Å²) >= 11 is 1.81. The topological polar surface area (TPSA) is 44.1 Å². The van der Waals surface area contributed by atoms with E-state index in [9.17, 15) is 18.0 Å². The van der Waals surface area contributed by atoms with Crippen molar-refractivity contribution in [2.45, 2.75) is 19.6 Å². The first-order valence-electron chi connectivity index (χ1n) is 7.29. The highest BCUT2D eigenvalue weighted by atomic mass is 127. The van der Waals surface area contributed by atoms with E-state index in [4.69, 9.17) is 4.74 Å². The lowest BCUT2D eigenvalue weighted by Crippen LogP contribution is -2.15. The number of benzene rings is 2. The van der Waals surface area contributed by atoms with Crippen LogP contribution in [0.15, 0.2) is 42.5 Å². The minimum atomic E-state index is -2.82. The van der Waals surface area contributed by atoms with Crippen LogP contribution in [0.5, 0.6) is 0 Å². The molecule has 130 valence electrons. The second kappa shape index (κ2) is 7.03. The Morgan fingerprint density at radius 2 is 1.96 bits per heavy atom. The van der Waals surface area contributed by atoms with Gasteiger partial charge in [-0.05, 0) is 59.8 Å². The lowest BCUT2D eigenvalue weighted by molar-refractivity contribution is 0.0232. The molecule has 1 unspecified atom stereocenters. The summed E-state index contributed by atoms with van der Waals surface area (Å²) in [5, 5.41) is 0. The van der Waals surface area contributed by atoms with Crippen LogP contribution >= 0.6 is 22.6 Å². The van der Waals surface area contributed by atoms with Crippen molar-refractivity contribution in [3.63, 3.8) is 0 Å². The first kappa shape index (κ1) is 17.7. The molecule has 25 heavy (non-hydrogen) atoms. The van der Waals surface area contributed by atoms with Crippen molar-refractivity contribution in [3.8, 4) is 0 Å². The average molecular weight is 460 g/mol. The molecule has 0 amide bonds. The SMILES string of the molecule is CC(OC(=O)c1ccc(F)cc1I)c1nc2ccccc2n1C(F)F. The van der Waals surface area contributed by atoms with E-state index in [0.29, 0.717) is 9.09 Å². The van der Waals surface area contributed by atoms with Gasteiger partial charge in [-0.1, -0.05) is 12.1 Å². The van der Waals surface area contributed by atoms with Crippen LogP contribution in [0.25, 0.3) is 11.0 Å². The molecule has 0 radical (unpaired) electrons. The van der Waals surface area contributed by atoms with Crippen LogP contribution < -0.4 is 0 Å². The minimum absolute atomic E-state index is 0.0540. The fourth-order valence-corrected chi connectivity index (χ4v) is 3.18. The summed E-state index contributed by atoms with van der Waals surface area (Å²) in [6.07, 6.45) is -1.00. The Morgan fingerprint density at radius 1 is 1.24 bits per heavy atom. The Bertz CT molecular complexity index is 943. The summed E-state index contributed by atoms with van der Waals surface area (Å²) in [6, 6.07) is 10.1. The summed E-state index contributed by atoms with van der Waals surface area (Å²) in [5.41, 5.74) is 0.803. The second-order valence-corrected chi connectivity index (χ2v) is 6.44. The molecule has 0 saturated carbocycles. The van der Waals surface area contributed by atoms with Gasteiger partial charge < -0.3 is 4.74 Å². The average Bonchev–Trinajstić information content (AvgIpc) is 2.94. The van der Waals surface area contributed by atoms with E-state index in [2.05, 4.69) is 4.98 Å². The summed E-state index contributed by atoms with van der Waals surface area (Å²) in [5.74, 6) is -1.26. The maximum absolute atomic E-state index is 13.5. The molecule has 2 aromatic carbocycles. The molecule has 3 aromatic rings. The number of hydrogen-bond acceptors (Lipinski definition) is 3. The van der Waals surface area contributed by atoms with Crippen LogP contribution in [0.1, 0.15) is 35.8 Å². The Kier molecular flexibility index (Phi) is 4.98. The van der Waals surface area contributed by atoms with E-state index >= 15 is 0 Å². The summed E-state index contributed by atoms with van der Waals surface area (Å²) < 4.78 is 46.5. The van der Waals surface area contributed by atoms with Crippen LogP contribution in [-0.2, 0) is 4.74 Å². The predicted molar refractivity (Wildman–Crippen MR) is 93.9 cm³/mol. The molecule has 1 aromatic heterocycles. The lowest BCUT2D eigenvalue weighted by Gasteiger charge is -2.15. The van der Waals surface area contributed by atoms with Crippen molar-refractivity contribution < 1.29 is 22.7 Å². The van der Waals surface area contributed by atoms with Gasteiger partial charge in [0.25, 0.3) is 0 Å². The molecular formula is C17H12F3IN2O2. The van der Waals surface area contributed by atoms with Crippen LogP contribution in [0, 0.1) is 9.39 Å². The van der Waals surface area contributed by atoms with Crippen LogP contribution in [0.2, 0.25) is 0 Å². The molecule has 4 nitrogen and oxygen atoms in total. The number of nitrogens with zero attached hydrogens (tertiary/aromatic N) is 2. The Labute approximate surface area is 154 Å². The number of para-hydroxylation sites is 2. The number of ether oxygens (including phenoxy) is 1. The third-order valence-corrected chi connectivity index (χ3v) is 4.51. The van der Waals surface area contributed by atoms with E-state index in [0.717, 1.165) is 10.6 Å². The van der Waals surface area contributed by atoms with Crippen molar-refractivity contribution in [1.82, 2.24) is 9.55 Å². The minimum Gasteiger partial charge on any atom is -0.451 e. The molecule has 0 aliphatic rings. The molecule has 1 atom stereocenters. The molecule has 0 fully saturated rings. The largest absolute Gasteiger partial charge is 0.451 e. The highest BCUT2D eigenvalue weighted by Crippen LogP contribution is 2.29. The molecule has 0 saturated heterocycles. The van der Waals surface area contributed by atoms with Gasteiger partial charge in [-0.2, -0.15) is 8.78 Å². The molecule has 0 aliphatic carbocycles.